The Hall–Kier alpha value is -2.28. The van der Waals surface area contributed by atoms with Crippen molar-refractivity contribution in [2.75, 3.05) is 13.1 Å². The number of nitrogens with zero attached hydrogens (tertiary/aromatic N) is 4. The Kier molecular flexibility index (Phi) is 10.6. The van der Waals surface area contributed by atoms with Crippen LogP contribution in [0, 0.1) is 17.3 Å². The van der Waals surface area contributed by atoms with Gasteiger partial charge in [-0.1, -0.05) is 45.0 Å². The summed E-state index contributed by atoms with van der Waals surface area (Å²) in [7, 11) is -2.39. The van der Waals surface area contributed by atoms with E-state index in [2.05, 4.69) is 61.1 Å². The lowest BCUT2D eigenvalue weighted by molar-refractivity contribution is -0.199. The Bertz CT molecular complexity index is 1170. The first kappa shape index (κ1) is 35.6. The van der Waals surface area contributed by atoms with Gasteiger partial charge in [0, 0.05) is 26.1 Å². The first-order valence-electron chi connectivity index (χ1n) is 16.8. The zero-order valence-corrected chi connectivity index (χ0v) is 29.9. The van der Waals surface area contributed by atoms with E-state index in [0.29, 0.717) is 56.7 Å². The van der Waals surface area contributed by atoms with E-state index in [1.54, 1.807) is 25.7 Å². The number of carbonyl (C=O) groups excluding carboxylic acids is 3. The molecule has 12 nitrogen and oxygen atoms in total. The molecular formula is C31H55BN6O6Si. The quantitative estimate of drug-likeness (QED) is 0.0946. The predicted molar refractivity (Wildman–Crippen MR) is 176 cm³/mol. The van der Waals surface area contributed by atoms with E-state index in [4.69, 9.17) is 19.6 Å². The average molecular weight is 647 g/mol. The van der Waals surface area contributed by atoms with Crippen molar-refractivity contribution in [1.29, 1.82) is 0 Å². The van der Waals surface area contributed by atoms with Crippen molar-refractivity contribution < 1.29 is 28.4 Å². The molecule has 5 aliphatic rings. The monoisotopic (exact) mass is 646 g/mol. The molecule has 45 heavy (non-hydrogen) atoms. The number of hydrogen-bond acceptors (Lipinski definition) is 7. The van der Waals surface area contributed by atoms with Gasteiger partial charge in [0.15, 0.2) is 0 Å². The number of alkyl carbamates (subject to hydrolysis) is 1. The lowest BCUT2D eigenvalue weighted by Crippen LogP contribution is -2.65. The van der Waals surface area contributed by atoms with Crippen molar-refractivity contribution in [1.82, 2.24) is 15.5 Å². The third kappa shape index (κ3) is 8.18. The van der Waals surface area contributed by atoms with Crippen LogP contribution >= 0.6 is 0 Å². The highest BCUT2D eigenvalue weighted by molar-refractivity contribution is 6.76. The van der Waals surface area contributed by atoms with E-state index in [1.807, 2.05) is 0 Å². The minimum absolute atomic E-state index is 0.0207. The molecule has 2 bridgehead atoms. The molecule has 0 radical (unpaired) electrons. The highest BCUT2D eigenvalue weighted by Gasteiger charge is 2.68. The van der Waals surface area contributed by atoms with Crippen LogP contribution in [0.15, 0.2) is 5.11 Å². The number of ether oxygens (including phenoxy) is 1. The van der Waals surface area contributed by atoms with Gasteiger partial charge in [0.05, 0.1) is 17.6 Å². The molecule has 0 aromatic heterocycles. The smallest absolute Gasteiger partial charge is 0.444 e. The standard InChI is InChI=1S/C31H55BN6O6Si/c1-29(2,3)42-28(41)35-21(19-45(7,8)9)27(40)38-16-12-13-22(38)26(39)36-25(14-10-11-15-34-37-33)32-43-24-18-20-17-23(30(20,4)5)31(24,6)44-32/h20-25H,10-19H2,1-9H3,(H,35,41)(H,36,39)/t20-,21+,22-,23-,24+,25-,31-/m0/s1. The summed E-state index contributed by atoms with van der Waals surface area (Å²) in [5.41, 5.74) is 7.76. The number of azide groups is 1. The molecule has 0 spiro atoms. The fraction of sp³-hybridized carbons (Fsp3) is 0.903. The van der Waals surface area contributed by atoms with Crippen LogP contribution in [0.5, 0.6) is 0 Å². The van der Waals surface area contributed by atoms with E-state index in [0.717, 1.165) is 19.3 Å². The molecule has 2 N–H and O–H groups in total. The summed E-state index contributed by atoms with van der Waals surface area (Å²) in [5.74, 6) is 0.101. The van der Waals surface area contributed by atoms with Crippen LogP contribution in [0.1, 0.15) is 86.5 Å². The first-order chi connectivity index (χ1) is 20.9. The second-order valence-corrected chi connectivity index (χ2v) is 22.1. The highest BCUT2D eigenvalue weighted by Crippen LogP contribution is 2.65. The minimum Gasteiger partial charge on any atom is -0.444 e. The van der Waals surface area contributed by atoms with Crippen molar-refractivity contribution in [3.05, 3.63) is 10.4 Å². The lowest BCUT2D eigenvalue weighted by atomic mass is 9.43. The molecule has 252 valence electrons. The molecule has 2 aliphatic heterocycles. The fourth-order valence-electron chi connectivity index (χ4n) is 7.98. The van der Waals surface area contributed by atoms with Crippen LogP contribution in [0.2, 0.25) is 25.7 Å². The summed E-state index contributed by atoms with van der Waals surface area (Å²) in [6.07, 6.45) is 4.66. The average Bonchev–Trinajstić information content (AvgIpc) is 3.54. The molecule has 3 amide bonds. The highest BCUT2D eigenvalue weighted by atomic mass is 28.3. The maximum absolute atomic E-state index is 14.0. The van der Waals surface area contributed by atoms with Gasteiger partial charge in [-0.15, -0.1) is 0 Å². The lowest BCUT2D eigenvalue weighted by Gasteiger charge is -2.64. The molecule has 0 unspecified atom stereocenters. The number of unbranched alkanes of at least 4 members (excludes halogenated alkanes) is 1. The molecular weight excluding hydrogens is 591 g/mol. The summed E-state index contributed by atoms with van der Waals surface area (Å²) < 4.78 is 18.8. The number of hydrogen-bond donors (Lipinski definition) is 2. The second kappa shape index (κ2) is 13.4. The van der Waals surface area contributed by atoms with Crippen LogP contribution in [0.25, 0.3) is 10.4 Å². The van der Waals surface area contributed by atoms with E-state index < -0.39 is 50.5 Å². The van der Waals surface area contributed by atoms with Gasteiger partial charge in [-0.2, -0.15) is 0 Å². The summed E-state index contributed by atoms with van der Waals surface area (Å²) in [6, 6.07) is -0.888. The van der Waals surface area contributed by atoms with Crippen molar-refractivity contribution in [2.24, 2.45) is 22.4 Å². The predicted octanol–water partition coefficient (Wildman–Crippen LogP) is 5.44. The van der Waals surface area contributed by atoms with Gasteiger partial charge in [-0.25, -0.2) is 4.79 Å². The Labute approximate surface area is 270 Å². The van der Waals surface area contributed by atoms with Crippen molar-refractivity contribution in [2.45, 2.75) is 148 Å². The fourth-order valence-corrected chi connectivity index (χ4v) is 9.48. The maximum atomic E-state index is 14.0. The largest absolute Gasteiger partial charge is 0.481 e. The molecule has 2 saturated heterocycles. The van der Waals surface area contributed by atoms with Gasteiger partial charge in [0.1, 0.15) is 17.7 Å². The van der Waals surface area contributed by atoms with Crippen LogP contribution < -0.4 is 10.6 Å². The summed E-state index contributed by atoms with van der Waals surface area (Å²) >= 11 is 0. The number of amides is 3. The molecule has 5 rings (SSSR count). The molecule has 3 aliphatic carbocycles. The van der Waals surface area contributed by atoms with Crippen molar-refractivity contribution in [3.63, 3.8) is 0 Å². The van der Waals surface area contributed by atoms with Gasteiger partial charge < -0.3 is 29.6 Å². The maximum Gasteiger partial charge on any atom is 0.481 e. The number of likely N-dealkylation sites (tertiary alicyclic amines) is 1. The van der Waals surface area contributed by atoms with Gasteiger partial charge >= 0.3 is 13.2 Å². The summed E-state index contributed by atoms with van der Waals surface area (Å²) in [5, 5.41) is 9.70. The van der Waals surface area contributed by atoms with Gasteiger partial charge in [-0.05, 0) is 95.0 Å². The molecule has 0 aromatic carbocycles. The van der Waals surface area contributed by atoms with Crippen molar-refractivity contribution >= 4 is 33.1 Å². The van der Waals surface area contributed by atoms with E-state index in [-0.39, 0.29) is 23.3 Å². The Balaban J connectivity index is 1.48. The molecule has 2 heterocycles. The van der Waals surface area contributed by atoms with E-state index in [1.165, 1.54) is 0 Å². The summed E-state index contributed by atoms with van der Waals surface area (Å²) in [6.45, 7) is 19.4. The van der Waals surface area contributed by atoms with E-state index in [9.17, 15) is 14.4 Å². The van der Waals surface area contributed by atoms with Crippen molar-refractivity contribution in [3.8, 4) is 0 Å². The zero-order valence-electron chi connectivity index (χ0n) is 28.9. The molecule has 0 aromatic rings. The third-order valence-electron chi connectivity index (χ3n) is 10.4. The second-order valence-electron chi connectivity index (χ2n) is 16.6. The Morgan fingerprint density at radius 2 is 1.87 bits per heavy atom. The Morgan fingerprint density at radius 1 is 1.16 bits per heavy atom. The van der Waals surface area contributed by atoms with Gasteiger partial charge in [-0.3, -0.25) is 9.59 Å². The normalized spacial score (nSPS) is 30.0. The molecule has 14 heteroatoms. The number of carbonyl (C=O) groups is 3. The van der Waals surface area contributed by atoms with Crippen LogP contribution in [-0.2, 0) is 23.6 Å². The van der Waals surface area contributed by atoms with Gasteiger partial charge in [0.25, 0.3) is 0 Å². The summed E-state index contributed by atoms with van der Waals surface area (Å²) in [4.78, 5) is 45.1. The van der Waals surface area contributed by atoms with Crippen LogP contribution in [0.4, 0.5) is 4.79 Å². The zero-order chi connectivity index (χ0) is 33.4. The number of rotatable bonds is 12. The number of nitrogens with one attached hydrogen (secondary N) is 2. The molecule has 5 fully saturated rings. The SMILES string of the molecule is CC(C)(C)OC(=O)N[C@H](C[Si](C)(C)C)C(=O)N1CCC[C@H]1C(=O)N[C@@H](CCCCN=[N+]=[N-])B1O[C@@H]2C[C@@H]3C[C@@H](C3(C)C)[C@]2(C)O1. The minimum atomic E-state index is -1.79. The third-order valence-corrected chi connectivity index (χ3v) is 12.0. The van der Waals surface area contributed by atoms with Crippen LogP contribution in [0.3, 0.4) is 0 Å². The van der Waals surface area contributed by atoms with Crippen LogP contribution in [-0.4, -0.2) is 86.4 Å². The topological polar surface area (TPSA) is 155 Å². The Morgan fingerprint density at radius 3 is 2.49 bits per heavy atom. The van der Waals surface area contributed by atoms with E-state index >= 15 is 0 Å². The first-order valence-corrected chi connectivity index (χ1v) is 20.5. The molecule has 3 saturated carbocycles. The molecule has 7 atom stereocenters. The van der Waals surface area contributed by atoms with Gasteiger partial charge in [0.2, 0.25) is 11.8 Å².